The Morgan fingerprint density at radius 2 is 1.67 bits per heavy atom. The lowest BCUT2D eigenvalue weighted by Gasteiger charge is -2.10. The van der Waals surface area contributed by atoms with Crippen molar-refractivity contribution in [3.05, 3.63) is 136 Å². The fourth-order valence-corrected chi connectivity index (χ4v) is 4.46. The summed E-state index contributed by atoms with van der Waals surface area (Å²) in [5.74, 6) is -0.0646. The number of nitro groups is 1. The van der Waals surface area contributed by atoms with Crippen LogP contribution in [0.4, 0.5) is 11.4 Å². The maximum Gasteiger partial charge on any atom is 0.311 e. The predicted molar refractivity (Wildman–Crippen MR) is 167 cm³/mol. The molecule has 5 aromatic rings. The number of hydrogen-bond donors (Lipinski definition) is 2. The first-order valence-corrected chi connectivity index (χ1v) is 13.8. The van der Waals surface area contributed by atoms with Crippen LogP contribution in [0.3, 0.4) is 0 Å². The zero-order valence-corrected chi connectivity index (χ0v) is 24.4. The SMILES string of the molecule is Cc1ccc(C)n1-c1ccc(OCc2ccc(C(=O)N/N=C/c3ccc(OCC(=O)Nc4ccccc4)c([N+](=O)[O-])c3)o2)cc1. The second-order valence-corrected chi connectivity index (χ2v) is 9.89. The molecule has 0 atom stereocenters. The standard InChI is InChI=1S/C33H29N5O7/c1-22-8-9-23(2)37(22)26-11-13-27(14-12-26)43-20-28-15-17-31(45-28)33(40)36-34-19-24-10-16-30(29(18-24)38(41)42)44-21-32(39)35-25-6-4-3-5-7-25/h3-19H,20-21H2,1-2H3,(H,35,39)(H,36,40)/b34-19+. The van der Waals surface area contributed by atoms with Gasteiger partial charge in [0, 0.05) is 34.4 Å². The lowest BCUT2D eigenvalue weighted by Crippen LogP contribution is -2.20. The molecule has 0 unspecified atom stereocenters. The molecule has 0 aliphatic rings. The van der Waals surface area contributed by atoms with E-state index in [-0.39, 0.29) is 23.8 Å². The Hall–Kier alpha value is -6.17. The topological polar surface area (TPSA) is 150 Å². The number of aromatic nitrogens is 1. The summed E-state index contributed by atoms with van der Waals surface area (Å²) in [5.41, 5.74) is 6.17. The monoisotopic (exact) mass is 607 g/mol. The molecule has 0 aliphatic heterocycles. The summed E-state index contributed by atoms with van der Waals surface area (Å²) in [6.07, 6.45) is 1.24. The van der Waals surface area contributed by atoms with Crippen LogP contribution >= 0.6 is 0 Å². The van der Waals surface area contributed by atoms with Crippen LogP contribution in [0.15, 0.2) is 107 Å². The van der Waals surface area contributed by atoms with Gasteiger partial charge in [0.25, 0.3) is 5.91 Å². The molecule has 3 aromatic carbocycles. The third kappa shape index (κ3) is 7.82. The van der Waals surface area contributed by atoms with Crippen molar-refractivity contribution >= 4 is 29.4 Å². The smallest absolute Gasteiger partial charge is 0.311 e. The van der Waals surface area contributed by atoms with Crippen LogP contribution in [0, 0.1) is 24.0 Å². The highest BCUT2D eigenvalue weighted by molar-refractivity contribution is 5.93. The first-order chi connectivity index (χ1) is 21.8. The number of aryl methyl sites for hydroxylation is 2. The van der Waals surface area contributed by atoms with Crippen molar-refractivity contribution in [2.75, 3.05) is 11.9 Å². The van der Waals surface area contributed by atoms with Crippen molar-refractivity contribution in [1.82, 2.24) is 9.99 Å². The fourth-order valence-electron chi connectivity index (χ4n) is 4.46. The largest absolute Gasteiger partial charge is 0.486 e. The quantitative estimate of drug-likeness (QED) is 0.101. The lowest BCUT2D eigenvalue weighted by atomic mass is 10.2. The number of nitrogens with one attached hydrogen (secondary N) is 2. The Labute approximate surface area is 258 Å². The number of carbonyl (C=O) groups is 2. The van der Waals surface area contributed by atoms with Gasteiger partial charge < -0.3 is 23.8 Å². The van der Waals surface area contributed by atoms with Crippen molar-refractivity contribution in [2.45, 2.75) is 20.5 Å². The second-order valence-electron chi connectivity index (χ2n) is 9.89. The molecule has 12 nitrogen and oxygen atoms in total. The molecule has 45 heavy (non-hydrogen) atoms. The number of hydrazone groups is 1. The van der Waals surface area contributed by atoms with Crippen LogP contribution in [0.5, 0.6) is 11.5 Å². The molecule has 0 saturated heterocycles. The molecule has 0 spiro atoms. The molecule has 228 valence electrons. The van der Waals surface area contributed by atoms with Crippen LogP contribution in [0.2, 0.25) is 0 Å². The molecule has 5 rings (SSSR count). The minimum Gasteiger partial charge on any atom is -0.486 e. The Morgan fingerprint density at radius 1 is 0.933 bits per heavy atom. The first-order valence-electron chi connectivity index (χ1n) is 13.8. The predicted octanol–water partition coefficient (Wildman–Crippen LogP) is 5.96. The van der Waals surface area contributed by atoms with Crippen LogP contribution in [-0.4, -0.2) is 34.1 Å². The van der Waals surface area contributed by atoms with Gasteiger partial charge in [-0.05, 0) is 86.6 Å². The van der Waals surface area contributed by atoms with Crippen molar-refractivity contribution < 1.29 is 28.4 Å². The van der Waals surface area contributed by atoms with Crippen molar-refractivity contribution in [3.8, 4) is 17.2 Å². The summed E-state index contributed by atoms with van der Waals surface area (Å²) in [6.45, 7) is 3.79. The number of benzene rings is 3. The highest BCUT2D eigenvalue weighted by Crippen LogP contribution is 2.27. The number of hydrogen-bond acceptors (Lipinski definition) is 8. The normalized spacial score (nSPS) is 10.9. The van der Waals surface area contributed by atoms with Gasteiger partial charge in [0.15, 0.2) is 18.1 Å². The molecule has 2 amide bonds. The number of nitro benzene ring substituents is 1. The van der Waals surface area contributed by atoms with E-state index in [0.29, 0.717) is 22.8 Å². The lowest BCUT2D eigenvalue weighted by molar-refractivity contribution is -0.385. The zero-order chi connectivity index (χ0) is 31.8. The summed E-state index contributed by atoms with van der Waals surface area (Å²) in [7, 11) is 0. The average Bonchev–Trinajstić information content (AvgIpc) is 3.66. The maximum atomic E-state index is 12.5. The van der Waals surface area contributed by atoms with Gasteiger partial charge in [0.2, 0.25) is 0 Å². The van der Waals surface area contributed by atoms with Crippen molar-refractivity contribution in [2.24, 2.45) is 5.10 Å². The molecule has 0 bridgehead atoms. The molecule has 12 heteroatoms. The number of rotatable bonds is 12. The Morgan fingerprint density at radius 3 is 2.38 bits per heavy atom. The molecule has 0 fully saturated rings. The number of nitrogens with zero attached hydrogens (tertiary/aromatic N) is 3. The molecule has 2 N–H and O–H groups in total. The van der Waals surface area contributed by atoms with E-state index in [1.54, 1.807) is 30.3 Å². The summed E-state index contributed by atoms with van der Waals surface area (Å²) in [4.78, 5) is 35.6. The molecular formula is C33H29N5O7. The van der Waals surface area contributed by atoms with E-state index >= 15 is 0 Å². The number of ether oxygens (including phenoxy) is 2. The minimum absolute atomic E-state index is 0.0168. The fraction of sp³-hybridized carbons (Fsp3) is 0.121. The van der Waals surface area contributed by atoms with Gasteiger partial charge in [-0.3, -0.25) is 19.7 Å². The van der Waals surface area contributed by atoms with Gasteiger partial charge in [-0.1, -0.05) is 18.2 Å². The van der Waals surface area contributed by atoms with E-state index in [2.05, 4.69) is 32.5 Å². The number of anilines is 1. The van der Waals surface area contributed by atoms with Crippen molar-refractivity contribution in [1.29, 1.82) is 0 Å². The molecule has 0 saturated carbocycles. The van der Waals surface area contributed by atoms with E-state index in [1.807, 2.05) is 44.2 Å². The van der Waals surface area contributed by atoms with Gasteiger partial charge in [0.1, 0.15) is 18.1 Å². The number of para-hydroxylation sites is 1. The Balaban J connectivity index is 1.12. The van der Waals surface area contributed by atoms with Crippen LogP contribution < -0.4 is 20.2 Å². The summed E-state index contributed by atoms with van der Waals surface area (Å²) in [6, 6.07) is 27.7. The third-order valence-corrected chi connectivity index (χ3v) is 6.61. The first kappa shape index (κ1) is 30.3. The Kier molecular flexibility index (Phi) is 9.34. The number of furan rings is 1. The van der Waals surface area contributed by atoms with E-state index in [4.69, 9.17) is 13.9 Å². The molecule has 0 radical (unpaired) electrons. The van der Waals surface area contributed by atoms with Gasteiger partial charge in [-0.2, -0.15) is 5.10 Å². The van der Waals surface area contributed by atoms with Crippen molar-refractivity contribution in [3.63, 3.8) is 0 Å². The highest BCUT2D eigenvalue weighted by Gasteiger charge is 2.17. The average molecular weight is 608 g/mol. The minimum atomic E-state index is -0.634. The van der Waals surface area contributed by atoms with Gasteiger partial charge in [-0.25, -0.2) is 5.43 Å². The maximum absolute atomic E-state index is 12.5. The zero-order valence-electron chi connectivity index (χ0n) is 24.4. The number of amides is 2. The molecule has 2 heterocycles. The van der Waals surface area contributed by atoms with Crippen LogP contribution in [0.1, 0.15) is 33.3 Å². The van der Waals surface area contributed by atoms with E-state index in [0.717, 1.165) is 17.1 Å². The molecule has 0 aliphatic carbocycles. The van der Waals surface area contributed by atoms with Gasteiger partial charge in [0.05, 0.1) is 11.1 Å². The molecular weight excluding hydrogens is 578 g/mol. The van der Waals surface area contributed by atoms with E-state index < -0.39 is 23.3 Å². The summed E-state index contributed by atoms with van der Waals surface area (Å²) >= 11 is 0. The van der Waals surface area contributed by atoms with Crippen LogP contribution in [-0.2, 0) is 11.4 Å². The van der Waals surface area contributed by atoms with E-state index in [9.17, 15) is 19.7 Å². The Bertz CT molecular complexity index is 1820. The van der Waals surface area contributed by atoms with E-state index in [1.165, 1.54) is 30.5 Å². The van der Waals surface area contributed by atoms with Crippen LogP contribution in [0.25, 0.3) is 5.69 Å². The number of carbonyl (C=O) groups excluding carboxylic acids is 2. The second kappa shape index (κ2) is 13.9. The summed E-state index contributed by atoms with van der Waals surface area (Å²) < 4.78 is 18.9. The highest BCUT2D eigenvalue weighted by atomic mass is 16.6. The summed E-state index contributed by atoms with van der Waals surface area (Å²) in [5, 5.41) is 18.1. The third-order valence-electron chi connectivity index (χ3n) is 6.61. The van der Waals surface area contributed by atoms with Gasteiger partial charge >= 0.3 is 11.6 Å². The van der Waals surface area contributed by atoms with Gasteiger partial charge in [-0.15, -0.1) is 0 Å². The molecule has 2 aromatic heterocycles.